The number of carbonyl (C=O) groups excluding carboxylic acids is 1. The van der Waals surface area contributed by atoms with Gasteiger partial charge < -0.3 is 19.4 Å². The number of morpholine rings is 1. The fourth-order valence-electron chi connectivity index (χ4n) is 3.44. The van der Waals surface area contributed by atoms with Crippen LogP contribution < -0.4 is 4.74 Å². The number of hydrogen-bond acceptors (Lipinski definition) is 3. The monoisotopic (exact) mass is 338 g/mol. The third kappa shape index (κ3) is 3.07. The average molecular weight is 338 g/mol. The van der Waals surface area contributed by atoms with Crippen LogP contribution in [0.1, 0.15) is 13.3 Å². The second kappa shape index (κ2) is 6.76. The molecule has 1 fully saturated rings. The SMILES string of the molecule is CCCN1CC(COc2cccc3[nH]c4ccccc4c23)OCC1=O. The van der Waals surface area contributed by atoms with Gasteiger partial charge in [-0.3, -0.25) is 4.79 Å². The summed E-state index contributed by atoms with van der Waals surface area (Å²) < 4.78 is 11.7. The molecule has 0 bridgehead atoms. The highest BCUT2D eigenvalue weighted by atomic mass is 16.5. The van der Waals surface area contributed by atoms with Gasteiger partial charge in [0.25, 0.3) is 0 Å². The van der Waals surface area contributed by atoms with Crippen LogP contribution in [0.2, 0.25) is 0 Å². The zero-order valence-corrected chi connectivity index (χ0v) is 14.3. The van der Waals surface area contributed by atoms with Crippen molar-refractivity contribution in [1.82, 2.24) is 9.88 Å². The molecule has 0 saturated carbocycles. The van der Waals surface area contributed by atoms with Gasteiger partial charge in [0.05, 0.1) is 12.1 Å². The minimum Gasteiger partial charge on any atom is -0.490 e. The van der Waals surface area contributed by atoms with Gasteiger partial charge in [0.1, 0.15) is 25.1 Å². The van der Waals surface area contributed by atoms with Crippen LogP contribution >= 0.6 is 0 Å². The summed E-state index contributed by atoms with van der Waals surface area (Å²) in [5, 5.41) is 2.25. The molecule has 1 N–H and O–H groups in total. The highest BCUT2D eigenvalue weighted by Gasteiger charge is 2.26. The number of benzene rings is 2. The number of hydrogen-bond donors (Lipinski definition) is 1. The Kier molecular flexibility index (Phi) is 4.32. The summed E-state index contributed by atoms with van der Waals surface area (Å²) in [5.74, 6) is 0.911. The molecular formula is C20H22N2O3. The Hall–Kier alpha value is -2.53. The average Bonchev–Trinajstić information content (AvgIpc) is 3.02. The van der Waals surface area contributed by atoms with E-state index in [1.54, 1.807) is 0 Å². The maximum absolute atomic E-state index is 11.8. The maximum atomic E-state index is 11.8. The third-order valence-electron chi connectivity index (χ3n) is 4.63. The molecule has 4 rings (SSSR count). The number of fused-ring (bicyclic) bond motifs is 3. The smallest absolute Gasteiger partial charge is 0.248 e. The van der Waals surface area contributed by atoms with Crippen LogP contribution in [0.15, 0.2) is 42.5 Å². The molecule has 5 heteroatoms. The van der Waals surface area contributed by atoms with Crippen molar-refractivity contribution in [3.05, 3.63) is 42.5 Å². The Balaban J connectivity index is 1.54. The van der Waals surface area contributed by atoms with Crippen LogP contribution in [0.5, 0.6) is 5.75 Å². The first-order chi connectivity index (χ1) is 12.3. The largest absolute Gasteiger partial charge is 0.490 e. The number of nitrogens with one attached hydrogen (secondary N) is 1. The number of para-hydroxylation sites is 1. The van der Waals surface area contributed by atoms with Crippen molar-refractivity contribution in [2.75, 3.05) is 26.3 Å². The van der Waals surface area contributed by atoms with Crippen molar-refractivity contribution in [2.45, 2.75) is 19.4 Å². The molecule has 1 amide bonds. The van der Waals surface area contributed by atoms with E-state index in [2.05, 4.69) is 30.1 Å². The summed E-state index contributed by atoms with van der Waals surface area (Å²) in [5.41, 5.74) is 2.16. The van der Waals surface area contributed by atoms with E-state index in [0.717, 1.165) is 40.5 Å². The lowest BCUT2D eigenvalue weighted by atomic mass is 10.1. The Morgan fingerprint density at radius 1 is 1.20 bits per heavy atom. The van der Waals surface area contributed by atoms with Crippen molar-refractivity contribution < 1.29 is 14.3 Å². The minimum absolute atomic E-state index is 0.0665. The fraction of sp³-hybridized carbons (Fsp3) is 0.350. The zero-order valence-electron chi connectivity index (χ0n) is 14.3. The van der Waals surface area contributed by atoms with Gasteiger partial charge in [-0.1, -0.05) is 31.2 Å². The van der Waals surface area contributed by atoms with Gasteiger partial charge in [-0.2, -0.15) is 0 Å². The molecule has 1 saturated heterocycles. The van der Waals surface area contributed by atoms with E-state index >= 15 is 0 Å². The summed E-state index contributed by atoms with van der Waals surface area (Å²) in [7, 11) is 0. The normalized spacial score (nSPS) is 18.2. The molecule has 1 aliphatic rings. The fourth-order valence-corrected chi connectivity index (χ4v) is 3.44. The first kappa shape index (κ1) is 16.0. The maximum Gasteiger partial charge on any atom is 0.248 e. The van der Waals surface area contributed by atoms with Crippen LogP contribution in [-0.4, -0.2) is 48.2 Å². The third-order valence-corrected chi connectivity index (χ3v) is 4.63. The Morgan fingerprint density at radius 3 is 2.92 bits per heavy atom. The molecule has 1 atom stereocenters. The Labute approximate surface area is 146 Å². The lowest BCUT2D eigenvalue weighted by molar-refractivity contribution is -0.150. The predicted molar refractivity (Wildman–Crippen MR) is 97.9 cm³/mol. The summed E-state index contributed by atoms with van der Waals surface area (Å²) in [6.45, 7) is 4.02. The van der Waals surface area contributed by atoms with E-state index < -0.39 is 0 Å². The second-order valence-corrected chi connectivity index (χ2v) is 6.43. The molecule has 0 radical (unpaired) electrons. The van der Waals surface area contributed by atoms with E-state index in [9.17, 15) is 4.79 Å². The molecule has 5 nitrogen and oxygen atoms in total. The molecule has 25 heavy (non-hydrogen) atoms. The highest BCUT2D eigenvalue weighted by molar-refractivity contribution is 6.10. The zero-order chi connectivity index (χ0) is 17.2. The molecular weight excluding hydrogens is 316 g/mol. The van der Waals surface area contributed by atoms with Crippen LogP contribution in [0.4, 0.5) is 0 Å². The molecule has 2 aromatic carbocycles. The predicted octanol–water partition coefficient (Wildman–Crippen LogP) is 3.34. The molecule has 2 heterocycles. The summed E-state index contributed by atoms with van der Waals surface area (Å²) in [6, 6.07) is 14.2. The number of ether oxygens (including phenoxy) is 2. The number of amides is 1. The number of aromatic nitrogens is 1. The van der Waals surface area contributed by atoms with Crippen molar-refractivity contribution in [3.63, 3.8) is 0 Å². The summed E-state index contributed by atoms with van der Waals surface area (Å²) >= 11 is 0. The number of H-pyrrole nitrogens is 1. The summed E-state index contributed by atoms with van der Waals surface area (Å²) in [6.07, 6.45) is 0.859. The van der Waals surface area contributed by atoms with Crippen molar-refractivity contribution >= 4 is 27.7 Å². The van der Waals surface area contributed by atoms with Gasteiger partial charge >= 0.3 is 0 Å². The van der Waals surface area contributed by atoms with Crippen LogP contribution in [-0.2, 0) is 9.53 Å². The first-order valence-corrected chi connectivity index (χ1v) is 8.78. The second-order valence-electron chi connectivity index (χ2n) is 6.43. The molecule has 1 aromatic heterocycles. The Bertz CT molecular complexity index is 902. The van der Waals surface area contributed by atoms with Crippen LogP contribution in [0.3, 0.4) is 0 Å². The topological polar surface area (TPSA) is 54.6 Å². The van der Waals surface area contributed by atoms with Gasteiger partial charge in [0, 0.05) is 22.8 Å². The molecule has 0 aliphatic carbocycles. The van der Waals surface area contributed by atoms with Gasteiger partial charge in [0.2, 0.25) is 5.91 Å². The van der Waals surface area contributed by atoms with Gasteiger partial charge in [-0.15, -0.1) is 0 Å². The van der Waals surface area contributed by atoms with Gasteiger partial charge in [-0.05, 0) is 24.6 Å². The van der Waals surface area contributed by atoms with Crippen molar-refractivity contribution in [2.24, 2.45) is 0 Å². The van der Waals surface area contributed by atoms with E-state index in [1.165, 1.54) is 0 Å². The van der Waals surface area contributed by atoms with Crippen LogP contribution in [0, 0.1) is 0 Å². The van der Waals surface area contributed by atoms with E-state index in [4.69, 9.17) is 9.47 Å². The van der Waals surface area contributed by atoms with E-state index in [1.807, 2.05) is 29.2 Å². The minimum atomic E-state index is -0.0929. The van der Waals surface area contributed by atoms with E-state index in [-0.39, 0.29) is 18.6 Å². The van der Waals surface area contributed by atoms with Crippen molar-refractivity contribution in [3.8, 4) is 5.75 Å². The highest BCUT2D eigenvalue weighted by Crippen LogP contribution is 2.33. The molecule has 3 aromatic rings. The number of aromatic amines is 1. The molecule has 130 valence electrons. The number of nitrogens with zero attached hydrogens (tertiary/aromatic N) is 1. The van der Waals surface area contributed by atoms with Gasteiger partial charge in [-0.25, -0.2) is 0 Å². The molecule has 1 aliphatic heterocycles. The lowest BCUT2D eigenvalue weighted by Gasteiger charge is -2.32. The first-order valence-electron chi connectivity index (χ1n) is 8.78. The summed E-state index contributed by atoms with van der Waals surface area (Å²) in [4.78, 5) is 17.1. The van der Waals surface area contributed by atoms with Gasteiger partial charge in [0.15, 0.2) is 0 Å². The standard InChI is InChI=1S/C20H22N2O3/c1-2-10-22-11-14(24-13-19(22)23)12-25-18-9-5-8-17-20(18)15-6-3-4-7-16(15)21-17/h3-9,14,21H,2,10-13H2,1H3. The van der Waals surface area contributed by atoms with Crippen LogP contribution in [0.25, 0.3) is 21.8 Å². The van der Waals surface area contributed by atoms with E-state index in [0.29, 0.717) is 13.2 Å². The molecule has 1 unspecified atom stereocenters. The Morgan fingerprint density at radius 2 is 2.04 bits per heavy atom. The quantitative estimate of drug-likeness (QED) is 0.776. The lowest BCUT2D eigenvalue weighted by Crippen LogP contribution is -2.48. The number of rotatable bonds is 5. The van der Waals surface area contributed by atoms with Crippen molar-refractivity contribution in [1.29, 1.82) is 0 Å². The molecule has 0 spiro atoms. The number of carbonyl (C=O) groups is 1.